The normalized spacial score (nSPS) is 13.8. The number of rotatable bonds is 8. The summed E-state index contributed by atoms with van der Waals surface area (Å²) in [5, 5.41) is 3.35. The third kappa shape index (κ3) is 6.33. The van der Waals surface area contributed by atoms with Crippen molar-refractivity contribution in [3.05, 3.63) is 92.5 Å². The Hall–Kier alpha value is -3.62. The van der Waals surface area contributed by atoms with Crippen LogP contribution in [0, 0.1) is 0 Å². The third-order valence-electron chi connectivity index (χ3n) is 5.00. The number of ether oxygens (including phenoxy) is 3. The Morgan fingerprint density at radius 1 is 1.11 bits per heavy atom. The van der Waals surface area contributed by atoms with E-state index in [9.17, 15) is 9.59 Å². The summed E-state index contributed by atoms with van der Waals surface area (Å²) >= 11 is 9.51. The number of hydrogen-bond donors (Lipinski definition) is 1. The zero-order chi connectivity index (χ0) is 25.7. The fraction of sp³-hybridized carbons (Fsp3) is 0.148. The number of benzene rings is 3. The topological polar surface area (TPSA) is 86.2 Å². The van der Waals surface area contributed by atoms with Crippen molar-refractivity contribution < 1.29 is 23.8 Å². The van der Waals surface area contributed by atoms with Crippen LogP contribution < -0.4 is 14.8 Å². The quantitative estimate of drug-likeness (QED) is 0.251. The van der Waals surface area contributed by atoms with Crippen molar-refractivity contribution in [2.75, 3.05) is 11.9 Å². The molecular weight excluding hydrogens is 548 g/mol. The number of halogens is 2. The molecule has 1 aliphatic rings. The van der Waals surface area contributed by atoms with Crippen molar-refractivity contribution in [2.45, 2.75) is 20.5 Å². The molecule has 1 amide bonds. The van der Waals surface area contributed by atoms with Crippen LogP contribution in [0.4, 0.5) is 5.69 Å². The summed E-state index contributed by atoms with van der Waals surface area (Å²) < 4.78 is 17.8. The first-order chi connectivity index (χ1) is 17.3. The van der Waals surface area contributed by atoms with Crippen molar-refractivity contribution in [3.63, 3.8) is 0 Å². The molecule has 36 heavy (non-hydrogen) atoms. The van der Waals surface area contributed by atoms with Gasteiger partial charge in [-0.3, -0.25) is 4.79 Å². The smallest absolute Gasteiger partial charge is 0.363 e. The highest BCUT2D eigenvalue weighted by Gasteiger charge is 2.24. The average Bonchev–Trinajstić information content (AvgIpc) is 3.20. The zero-order valence-corrected chi connectivity index (χ0v) is 21.9. The Labute approximate surface area is 221 Å². The van der Waals surface area contributed by atoms with E-state index in [1.807, 2.05) is 25.1 Å². The molecule has 0 fully saturated rings. The Balaban J connectivity index is 1.56. The lowest BCUT2D eigenvalue weighted by molar-refractivity contribution is -0.129. The molecule has 4 rings (SSSR count). The van der Waals surface area contributed by atoms with E-state index in [1.165, 1.54) is 6.92 Å². The van der Waals surface area contributed by atoms with Gasteiger partial charge in [0.1, 0.15) is 6.61 Å². The number of anilines is 1. The SMILES string of the molecule is CCOc1cc(/C=C2\N=C(c3ccc(NC(C)=O)cc3)OC2=O)cc(Br)c1OCc1ccc(Cl)cc1. The van der Waals surface area contributed by atoms with Crippen molar-refractivity contribution in [1.82, 2.24) is 0 Å². The summed E-state index contributed by atoms with van der Waals surface area (Å²) in [4.78, 5) is 28.0. The van der Waals surface area contributed by atoms with Crippen LogP contribution in [0.15, 0.2) is 75.8 Å². The molecule has 0 aromatic heterocycles. The summed E-state index contributed by atoms with van der Waals surface area (Å²) in [7, 11) is 0. The minimum Gasteiger partial charge on any atom is -0.490 e. The zero-order valence-electron chi connectivity index (χ0n) is 19.5. The Kier molecular flexibility index (Phi) is 8.07. The van der Waals surface area contributed by atoms with Crippen molar-refractivity contribution >= 4 is 57.1 Å². The lowest BCUT2D eigenvalue weighted by Gasteiger charge is -2.15. The Morgan fingerprint density at radius 3 is 2.50 bits per heavy atom. The van der Waals surface area contributed by atoms with E-state index < -0.39 is 5.97 Å². The summed E-state index contributed by atoms with van der Waals surface area (Å²) in [5.41, 5.74) is 3.05. The van der Waals surface area contributed by atoms with Gasteiger partial charge in [0.25, 0.3) is 0 Å². The molecule has 0 spiro atoms. The van der Waals surface area contributed by atoms with E-state index in [1.54, 1.807) is 48.5 Å². The van der Waals surface area contributed by atoms with Crippen LogP contribution in [-0.4, -0.2) is 24.4 Å². The highest BCUT2D eigenvalue weighted by molar-refractivity contribution is 9.10. The van der Waals surface area contributed by atoms with Gasteiger partial charge in [0.2, 0.25) is 11.8 Å². The van der Waals surface area contributed by atoms with Crippen LogP contribution >= 0.6 is 27.5 Å². The molecule has 184 valence electrons. The lowest BCUT2D eigenvalue weighted by atomic mass is 10.1. The first kappa shape index (κ1) is 25.5. The molecule has 1 aliphatic heterocycles. The van der Waals surface area contributed by atoms with Gasteiger partial charge in [-0.05, 0) is 88.6 Å². The highest BCUT2D eigenvalue weighted by atomic mass is 79.9. The molecule has 0 bridgehead atoms. The molecule has 7 nitrogen and oxygen atoms in total. The number of nitrogens with one attached hydrogen (secondary N) is 1. The first-order valence-electron chi connectivity index (χ1n) is 11.1. The molecule has 1 N–H and O–H groups in total. The Morgan fingerprint density at radius 2 is 1.83 bits per heavy atom. The first-order valence-corrected chi connectivity index (χ1v) is 12.2. The van der Waals surface area contributed by atoms with Gasteiger partial charge in [0.15, 0.2) is 17.2 Å². The maximum atomic E-state index is 12.5. The van der Waals surface area contributed by atoms with Crippen LogP contribution in [0.5, 0.6) is 11.5 Å². The van der Waals surface area contributed by atoms with Crippen molar-refractivity contribution in [2.24, 2.45) is 4.99 Å². The number of nitrogens with zero attached hydrogens (tertiary/aromatic N) is 1. The van der Waals surface area contributed by atoms with Gasteiger partial charge in [-0.25, -0.2) is 9.79 Å². The van der Waals surface area contributed by atoms with Crippen molar-refractivity contribution in [1.29, 1.82) is 0 Å². The minimum absolute atomic E-state index is 0.153. The van der Waals surface area contributed by atoms with Crippen LogP contribution in [0.25, 0.3) is 6.08 Å². The van der Waals surface area contributed by atoms with Crippen LogP contribution in [-0.2, 0) is 20.9 Å². The van der Waals surface area contributed by atoms with E-state index >= 15 is 0 Å². The molecule has 3 aromatic rings. The number of hydrogen-bond acceptors (Lipinski definition) is 6. The monoisotopic (exact) mass is 568 g/mol. The summed E-state index contributed by atoms with van der Waals surface area (Å²) in [6, 6.07) is 17.9. The number of carbonyl (C=O) groups is 2. The van der Waals surface area contributed by atoms with Crippen LogP contribution in [0.1, 0.15) is 30.5 Å². The van der Waals surface area contributed by atoms with Gasteiger partial charge < -0.3 is 19.5 Å². The number of esters is 1. The largest absolute Gasteiger partial charge is 0.490 e. The molecular formula is C27H22BrClN2O5. The summed E-state index contributed by atoms with van der Waals surface area (Å²) in [6.07, 6.45) is 1.62. The van der Waals surface area contributed by atoms with Gasteiger partial charge in [-0.1, -0.05) is 23.7 Å². The fourth-order valence-corrected chi connectivity index (χ4v) is 4.10. The van der Waals surface area contributed by atoms with Crippen molar-refractivity contribution in [3.8, 4) is 11.5 Å². The standard InChI is InChI=1S/C27H22BrClN2O5/c1-3-34-24-14-18(12-22(28)25(24)35-15-17-4-8-20(29)9-5-17)13-23-27(33)36-26(31-23)19-6-10-21(11-7-19)30-16(2)32/h4-14H,3,15H2,1-2H3,(H,30,32)/b23-13-. The van der Waals surface area contributed by atoms with E-state index in [2.05, 4.69) is 26.2 Å². The average molecular weight is 570 g/mol. The third-order valence-corrected chi connectivity index (χ3v) is 5.85. The molecule has 0 saturated carbocycles. The van der Waals surface area contributed by atoms with Crippen LogP contribution in [0.2, 0.25) is 5.02 Å². The molecule has 3 aromatic carbocycles. The second-order valence-electron chi connectivity index (χ2n) is 7.77. The molecule has 0 saturated heterocycles. The summed E-state index contributed by atoms with van der Waals surface area (Å²) in [5.74, 6) is 0.528. The van der Waals surface area contributed by atoms with Gasteiger partial charge in [0, 0.05) is 23.2 Å². The molecule has 0 aliphatic carbocycles. The molecule has 0 atom stereocenters. The van der Waals surface area contributed by atoms with E-state index in [4.69, 9.17) is 25.8 Å². The van der Waals surface area contributed by atoms with Gasteiger partial charge in [-0.15, -0.1) is 0 Å². The van der Waals surface area contributed by atoms with Gasteiger partial charge in [0.05, 0.1) is 11.1 Å². The predicted octanol–water partition coefficient (Wildman–Crippen LogP) is 6.38. The number of carbonyl (C=O) groups excluding carboxylic acids is 2. The number of amides is 1. The van der Waals surface area contributed by atoms with E-state index in [-0.39, 0.29) is 17.5 Å². The predicted molar refractivity (Wildman–Crippen MR) is 142 cm³/mol. The summed E-state index contributed by atoms with van der Waals surface area (Å²) in [6.45, 7) is 4.07. The number of cyclic esters (lactones) is 1. The minimum atomic E-state index is -0.562. The van der Waals surface area contributed by atoms with Gasteiger partial charge >= 0.3 is 5.97 Å². The molecule has 0 unspecified atom stereocenters. The second kappa shape index (κ2) is 11.4. The molecule has 9 heteroatoms. The fourth-order valence-electron chi connectivity index (χ4n) is 3.40. The Bertz CT molecular complexity index is 1350. The maximum absolute atomic E-state index is 12.5. The molecule has 1 heterocycles. The highest BCUT2D eigenvalue weighted by Crippen LogP contribution is 2.38. The maximum Gasteiger partial charge on any atom is 0.363 e. The lowest BCUT2D eigenvalue weighted by Crippen LogP contribution is -2.07. The number of aliphatic imine (C=N–C) groups is 1. The second-order valence-corrected chi connectivity index (χ2v) is 9.06. The van der Waals surface area contributed by atoms with E-state index in [0.717, 1.165) is 5.56 Å². The van der Waals surface area contributed by atoms with Gasteiger partial charge in [-0.2, -0.15) is 0 Å². The van der Waals surface area contributed by atoms with Crippen LogP contribution in [0.3, 0.4) is 0 Å². The van der Waals surface area contributed by atoms with E-state index in [0.29, 0.717) is 51.0 Å². The molecule has 0 radical (unpaired) electrons.